The van der Waals surface area contributed by atoms with Crippen LogP contribution in [-0.4, -0.2) is 10.1 Å². The minimum absolute atomic E-state index is 0.391. The molecule has 1 nitrogen and oxygen atoms in total. The number of aryl methyl sites for hydroxylation is 2. The Morgan fingerprint density at radius 2 is 0.830 bits per heavy atom. The highest BCUT2D eigenvalue weighted by molar-refractivity contribution is 6.55. The minimum atomic E-state index is -0.937. The third kappa shape index (κ3) is 8.36. The molecule has 0 heterocycles. The van der Waals surface area contributed by atoms with Crippen molar-refractivity contribution in [3.63, 3.8) is 0 Å². The van der Waals surface area contributed by atoms with Crippen molar-refractivity contribution in [3.05, 3.63) is 70.8 Å². The summed E-state index contributed by atoms with van der Waals surface area (Å²) in [5, 5.41) is 0. The Balaban J connectivity index is 1.05. The fraction of sp³-hybridized carbons (Fsp3) is 0.705. The van der Waals surface area contributed by atoms with E-state index in [1.165, 1.54) is 125 Å². The summed E-state index contributed by atoms with van der Waals surface area (Å²) in [5.74, 6) is 1.40. The maximum atomic E-state index is 14.1. The van der Waals surface area contributed by atoms with Crippen LogP contribution in [0.1, 0.15) is 189 Å². The lowest BCUT2D eigenvalue weighted by Gasteiger charge is -2.67. The van der Waals surface area contributed by atoms with E-state index in [0.29, 0.717) is 17.6 Å². The van der Waals surface area contributed by atoms with Gasteiger partial charge in [-0.2, -0.15) is 0 Å². The summed E-state index contributed by atoms with van der Waals surface area (Å²) in [6.07, 6.45) is 28.7. The molecule has 0 amide bonds. The quantitative estimate of drug-likeness (QED) is 0.113. The molecule has 0 atom stereocenters. The number of Topliss-reactive ketones (excluding diaryl/α,β-unsaturated/α-hetero) is 1. The lowest BCUT2D eigenvalue weighted by atomic mass is 9.42. The molecular weight excluding hydrogens is 615 g/mol. The van der Waals surface area contributed by atoms with E-state index in [4.69, 9.17) is 23.2 Å². The van der Waals surface area contributed by atoms with Crippen LogP contribution in [0.15, 0.2) is 48.5 Å². The minimum Gasteiger partial charge on any atom is -0.298 e. The number of carbonyl (C=O) groups is 1. The van der Waals surface area contributed by atoms with Crippen molar-refractivity contribution in [2.75, 3.05) is 0 Å². The SMILES string of the molecule is CCCCCCCCCc1ccc(C2CCC3(CC2)C(=O)C2(CCC(c4ccc(CCCCCCCCC)cc4)CC2)C3(Cl)Cl)cc1. The van der Waals surface area contributed by atoms with Crippen LogP contribution in [0.3, 0.4) is 0 Å². The van der Waals surface area contributed by atoms with Crippen molar-refractivity contribution in [3.8, 4) is 0 Å². The zero-order valence-electron chi connectivity index (χ0n) is 29.9. The zero-order valence-corrected chi connectivity index (χ0v) is 31.4. The Morgan fingerprint density at radius 3 is 1.15 bits per heavy atom. The molecule has 0 saturated heterocycles. The zero-order chi connectivity index (χ0) is 33.2. The average Bonchev–Trinajstić information content (AvgIpc) is 3.11. The van der Waals surface area contributed by atoms with Crippen molar-refractivity contribution < 1.29 is 4.79 Å². The van der Waals surface area contributed by atoms with Crippen molar-refractivity contribution >= 4 is 29.0 Å². The van der Waals surface area contributed by atoms with Crippen molar-refractivity contribution in [2.24, 2.45) is 10.8 Å². The highest BCUT2D eigenvalue weighted by Gasteiger charge is 2.79. The fourth-order valence-corrected chi connectivity index (χ4v) is 10.7. The molecule has 0 aliphatic heterocycles. The Kier molecular flexibility index (Phi) is 13.8. The topological polar surface area (TPSA) is 17.1 Å². The summed E-state index contributed by atoms with van der Waals surface area (Å²) in [7, 11) is 0. The van der Waals surface area contributed by atoms with Gasteiger partial charge in [0.15, 0.2) is 5.78 Å². The molecule has 0 bridgehead atoms. The van der Waals surface area contributed by atoms with Crippen molar-refractivity contribution in [1.82, 2.24) is 0 Å². The maximum absolute atomic E-state index is 14.1. The van der Waals surface area contributed by atoms with Crippen LogP contribution in [0.2, 0.25) is 0 Å². The van der Waals surface area contributed by atoms with Gasteiger partial charge in [0.05, 0.1) is 10.8 Å². The molecule has 3 aliphatic rings. The van der Waals surface area contributed by atoms with Gasteiger partial charge in [0.1, 0.15) is 4.33 Å². The molecule has 3 fully saturated rings. The Labute approximate surface area is 298 Å². The normalized spacial score (nSPS) is 26.9. The Morgan fingerprint density at radius 1 is 0.511 bits per heavy atom. The van der Waals surface area contributed by atoms with Crippen LogP contribution in [0.4, 0.5) is 0 Å². The number of carbonyl (C=O) groups excluding carboxylic acids is 1. The van der Waals surface area contributed by atoms with Gasteiger partial charge in [0, 0.05) is 0 Å². The fourth-order valence-electron chi connectivity index (χ4n) is 9.59. The van der Waals surface area contributed by atoms with Gasteiger partial charge in [-0.1, -0.05) is 163 Å². The first kappa shape index (κ1) is 37.0. The van der Waals surface area contributed by atoms with E-state index in [2.05, 4.69) is 62.4 Å². The molecule has 2 aromatic carbocycles. The molecule has 0 radical (unpaired) electrons. The maximum Gasteiger partial charge on any atom is 0.151 e. The number of hydrogen-bond acceptors (Lipinski definition) is 1. The van der Waals surface area contributed by atoms with Gasteiger partial charge in [-0.3, -0.25) is 4.79 Å². The van der Waals surface area contributed by atoms with Gasteiger partial charge in [0.25, 0.3) is 0 Å². The van der Waals surface area contributed by atoms with Crippen LogP contribution >= 0.6 is 23.2 Å². The molecule has 5 rings (SSSR count). The van der Waals surface area contributed by atoms with E-state index in [-0.39, 0.29) is 0 Å². The van der Waals surface area contributed by atoms with E-state index < -0.39 is 15.2 Å². The Hall–Kier alpha value is -1.31. The highest BCUT2D eigenvalue weighted by atomic mass is 35.5. The summed E-state index contributed by atoms with van der Waals surface area (Å²) in [4.78, 5) is 14.1. The van der Waals surface area contributed by atoms with Gasteiger partial charge in [-0.25, -0.2) is 0 Å². The van der Waals surface area contributed by atoms with E-state index in [1.54, 1.807) is 0 Å². The van der Waals surface area contributed by atoms with Crippen LogP contribution in [0.5, 0.6) is 0 Å². The summed E-state index contributed by atoms with van der Waals surface area (Å²) in [5.41, 5.74) is 4.67. The number of alkyl halides is 2. The van der Waals surface area contributed by atoms with Crippen LogP contribution in [0.25, 0.3) is 0 Å². The largest absolute Gasteiger partial charge is 0.298 e. The summed E-state index contributed by atoms with van der Waals surface area (Å²) < 4.78 is -0.937. The van der Waals surface area contributed by atoms with Gasteiger partial charge < -0.3 is 0 Å². The van der Waals surface area contributed by atoms with E-state index in [9.17, 15) is 4.79 Å². The number of halogens is 2. The Bertz CT molecular complexity index is 1120. The molecule has 2 aromatic rings. The average molecular weight is 680 g/mol. The van der Waals surface area contributed by atoms with Crippen molar-refractivity contribution in [1.29, 1.82) is 0 Å². The van der Waals surface area contributed by atoms with Gasteiger partial charge >= 0.3 is 0 Å². The predicted octanol–water partition coefficient (Wildman–Crippen LogP) is 14.0. The lowest BCUT2D eigenvalue weighted by molar-refractivity contribution is -0.170. The molecule has 0 aromatic heterocycles. The molecule has 0 unspecified atom stereocenters. The summed E-state index contributed by atoms with van der Waals surface area (Å²) in [6.45, 7) is 4.56. The second-order valence-corrected chi connectivity index (χ2v) is 17.2. The van der Waals surface area contributed by atoms with Crippen LogP contribution < -0.4 is 0 Å². The second kappa shape index (κ2) is 17.6. The predicted molar refractivity (Wildman–Crippen MR) is 203 cm³/mol. The first-order chi connectivity index (χ1) is 22.9. The molecule has 2 spiro atoms. The summed E-state index contributed by atoms with van der Waals surface area (Å²) in [6, 6.07) is 18.8. The van der Waals surface area contributed by atoms with Crippen molar-refractivity contribution in [2.45, 2.75) is 184 Å². The number of benzene rings is 2. The second-order valence-electron chi connectivity index (χ2n) is 15.8. The van der Waals surface area contributed by atoms with Crippen LogP contribution in [-0.2, 0) is 17.6 Å². The first-order valence-corrected chi connectivity index (χ1v) is 20.7. The third-order valence-electron chi connectivity index (χ3n) is 12.8. The van der Waals surface area contributed by atoms with Gasteiger partial charge in [-0.15, -0.1) is 0 Å². The summed E-state index contributed by atoms with van der Waals surface area (Å²) >= 11 is 14.7. The van der Waals surface area contributed by atoms with Gasteiger partial charge in [0.2, 0.25) is 0 Å². The monoisotopic (exact) mass is 678 g/mol. The standard InChI is InChI=1S/C44H64Cl2O/c1-3-5-7-9-11-13-15-17-35-19-23-37(24-20-35)39-27-31-42(32-28-39)41(47)43(44(42,45)46)33-29-40(30-34-43)38-25-21-36(22-26-38)18-16-14-12-10-8-6-4-2/h19-26,39-40H,3-18,27-34H2,1-2H3. The number of ketones is 1. The van der Waals surface area contributed by atoms with Crippen LogP contribution in [0, 0.1) is 10.8 Å². The number of rotatable bonds is 18. The molecule has 3 saturated carbocycles. The third-order valence-corrected chi connectivity index (χ3v) is 14.2. The molecule has 47 heavy (non-hydrogen) atoms. The van der Waals surface area contributed by atoms with Gasteiger partial charge in [-0.05, 0) is 111 Å². The first-order valence-electron chi connectivity index (χ1n) is 20.0. The molecule has 3 heteroatoms. The van der Waals surface area contributed by atoms with E-state index >= 15 is 0 Å². The molecule has 260 valence electrons. The van der Waals surface area contributed by atoms with E-state index in [1.807, 2.05) is 0 Å². The molecular formula is C44H64Cl2O. The molecule has 3 aliphatic carbocycles. The lowest BCUT2D eigenvalue weighted by Crippen LogP contribution is -2.74. The number of hydrogen-bond donors (Lipinski definition) is 0. The number of unbranched alkanes of at least 4 members (excludes halogenated alkanes) is 12. The molecule has 0 N–H and O–H groups in total. The smallest absolute Gasteiger partial charge is 0.151 e. The van der Waals surface area contributed by atoms with E-state index in [0.717, 1.165) is 51.4 Å². The highest BCUT2D eigenvalue weighted by Crippen LogP contribution is 2.75.